The van der Waals surface area contributed by atoms with Crippen LogP contribution in [-0.4, -0.2) is 10.2 Å². The van der Waals surface area contributed by atoms with Crippen molar-refractivity contribution in [2.24, 2.45) is 0 Å². The first-order chi connectivity index (χ1) is 2.79. The van der Waals surface area contributed by atoms with Crippen molar-refractivity contribution in [3.8, 4) is 0 Å². The van der Waals surface area contributed by atoms with Crippen LogP contribution in [0.3, 0.4) is 0 Å². The zero-order valence-corrected chi connectivity index (χ0v) is 3.10. The Kier molecular flexibility index (Phi) is 0.502. The molecule has 6 heavy (non-hydrogen) atoms. The number of rotatable bonds is 0. The van der Waals surface area contributed by atoms with Crippen LogP contribution in [0, 0.1) is 12.2 Å². The van der Waals surface area contributed by atoms with Gasteiger partial charge in [0, 0.05) is 0 Å². The molecule has 0 saturated carbocycles. The lowest BCUT2D eigenvalue weighted by Gasteiger charge is -1.78. The van der Waals surface area contributed by atoms with E-state index in [0.29, 0.717) is 6.42 Å². The zero-order chi connectivity index (χ0) is 4.57. The van der Waals surface area contributed by atoms with Gasteiger partial charge >= 0.3 is 17.9 Å². The molecule has 0 unspecified atom stereocenters. The fraction of sp³-hybridized carbons (Fsp3) is 0.250. The molecule has 1 aliphatic rings. The smallest absolute Gasteiger partial charge is 0.380 e. The van der Waals surface area contributed by atoms with Gasteiger partial charge in [-0.2, -0.15) is 0 Å². The van der Waals surface area contributed by atoms with E-state index in [1.54, 1.807) is 0 Å². The summed E-state index contributed by atoms with van der Waals surface area (Å²) in [7, 11) is 0. The second-order valence-electron chi connectivity index (χ2n) is 1.20. The topological polar surface area (TPSA) is 40.5 Å². The van der Waals surface area contributed by atoms with Crippen molar-refractivity contribution >= 4 is 0 Å². The predicted octanol–water partition coefficient (Wildman–Crippen LogP) is 0.540. The molecule has 0 amide bonds. The lowest BCUT2D eigenvalue weighted by molar-refractivity contribution is 0.246. The molecule has 0 spiro atoms. The van der Waals surface area contributed by atoms with Gasteiger partial charge in [0.1, 0.15) is 0 Å². The van der Waals surface area contributed by atoms with Crippen molar-refractivity contribution < 1.29 is 10.2 Å². The van der Waals surface area contributed by atoms with Crippen LogP contribution in [0.2, 0.25) is 0 Å². The van der Waals surface area contributed by atoms with Crippen molar-refractivity contribution in [1.29, 1.82) is 0 Å². The van der Waals surface area contributed by atoms with Gasteiger partial charge in [0.2, 0.25) is 0 Å². The highest BCUT2D eigenvalue weighted by atomic mass is 16.3. The second-order valence-corrected chi connectivity index (χ2v) is 1.20. The molecule has 0 aromatic rings. The Bertz CT molecular complexity index is 85.5. The predicted molar refractivity (Wildman–Crippen MR) is 19.2 cm³/mol. The molecule has 0 saturated heterocycles. The SMILES string of the molecule is OC1=[C+][C+](O)C1. The Morgan fingerprint density at radius 2 is 2.33 bits per heavy atom. The highest BCUT2D eigenvalue weighted by Crippen LogP contribution is 2.19. The number of aliphatic hydroxyl groups is 2. The summed E-state index contributed by atoms with van der Waals surface area (Å²) >= 11 is 0. The Hall–Kier alpha value is -0.720. The van der Waals surface area contributed by atoms with E-state index in [-0.39, 0.29) is 11.9 Å². The molecule has 0 aromatic carbocycles. The summed E-state index contributed by atoms with van der Waals surface area (Å²) in [5.41, 5.74) is 0. The van der Waals surface area contributed by atoms with Crippen LogP contribution in [0.1, 0.15) is 6.42 Å². The van der Waals surface area contributed by atoms with E-state index in [1.807, 2.05) is 0 Å². The monoisotopic (exact) mass is 84.0 g/mol. The van der Waals surface area contributed by atoms with Gasteiger partial charge in [-0.3, -0.25) is 0 Å². The largest absolute Gasteiger partial charge is 0.541 e. The molecule has 2 nitrogen and oxygen atoms in total. The lowest BCUT2D eigenvalue weighted by atomic mass is 10.1. The van der Waals surface area contributed by atoms with Crippen molar-refractivity contribution in [2.45, 2.75) is 6.42 Å². The van der Waals surface area contributed by atoms with Crippen molar-refractivity contribution in [3.63, 3.8) is 0 Å². The molecule has 1 aliphatic carbocycles. The zero-order valence-electron chi connectivity index (χ0n) is 3.10. The van der Waals surface area contributed by atoms with Gasteiger partial charge < -0.3 is 5.11 Å². The first-order valence-electron chi connectivity index (χ1n) is 1.65. The minimum absolute atomic E-state index is 0.146. The molecule has 0 atom stereocenters. The minimum Gasteiger partial charge on any atom is -0.380 e. The van der Waals surface area contributed by atoms with Crippen molar-refractivity contribution in [2.75, 3.05) is 0 Å². The van der Waals surface area contributed by atoms with E-state index in [9.17, 15) is 0 Å². The highest BCUT2D eigenvalue weighted by Gasteiger charge is 2.51. The van der Waals surface area contributed by atoms with Crippen molar-refractivity contribution in [1.82, 2.24) is 0 Å². The number of hydrogen-bond acceptors (Lipinski definition) is 2. The van der Waals surface area contributed by atoms with Crippen LogP contribution in [0.15, 0.2) is 5.76 Å². The van der Waals surface area contributed by atoms with Gasteiger partial charge in [-0.15, -0.1) is 0 Å². The first kappa shape index (κ1) is 3.47. The number of aliphatic hydroxyl groups excluding tert-OH is 2. The Morgan fingerprint density at radius 1 is 1.83 bits per heavy atom. The summed E-state index contributed by atoms with van der Waals surface area (Å²) in [5.74, 6) is 0.146. The average Bonchev–Trinajstić information content (AvgIpc) is 1.33. The van der Waals surface area contributed by atoms with Crippen LogP contribution in [0.5, 0.6) is 0 Å². The molecule has 0 bridgehead atoms. The van der Waals surface area contributed by atoms with E-state index < -0.39 is 0 Å². The third kappa shape index (κ3) is 0.322. The van der Waals surface area contributed by atoms with Gasteiger partial charge in [-0.05, 0) is 0 Å². The third-order valence-electron chi connectivity index (χ3n) is 0.623. The van der Waals surface area contributed by atoms with E-state index in [4.69, 9.17) is 10.2 Å². The Morgan fingerprint density at radius 3 is 2.33 bits per heavy atom. The van der Waals surface area contributed by atoms with Gasteiger partial charge in [0.15, 0.2) is 0 Å². The first-order valence-corrected chi connectivity index (χ1v) is 1.65. The molecule has 1 rings (SSSR count). The summed E-state index contributed by atoms with van der Waals surface area (Å²) in [5, 5.41) is 16.5. The maximum absolute atomic E-state index is 8.24. The van der Waals surface area contributed by atoms with E-state index in [2.05, 4.69) is 6.08 Å². The molecule has 2 heteroatoms. The molecule has 0 fully saturated rings. The molecule has 30 valence electrons. The molecular weight excluding hydrogens is 80.0 g/mol. The quantitative estimate of drug-likeness (QED) is 0.420. The molecule has 0 aromatic heterocycles. The average molecular weight is 84.1 g/mol. The van der Waals surface area contributed by atoms with E-state index in [0.717, 1.165) is 0 Å². The van der Waals surface area contributed by atoms with E-state index >= 15 is 0 Å². The standard InChI is InChI=1S/C4H3O2/c5-3-1-4(6)2-3/h5H,1H2/q+1/p+1. The number of hydrogen-bond donors (Lipinski definition) is 2. The van der Waals surface area contributed by atoms with Gasteiger partial charge in [0.25, 0.3) is 6.42 Å². The van der Waals surface area contributed by atoms with Gasteiger partial charge in [-0.25, -0.2) is 5.11 Å². The van der Waals surface area contributed by atoms with Gasteiger partial charge in [0.05, 0.1) is 0 Å². The summed E-state index contributed by atoms with van der Waals surface area (Å²) in [6.07, 6.45) is 2.70. The van der Waals surface area contributed by atoms with E-state index in [1.165, 1.54) is 0 Å². The minimum atomic E-state index is 0.146. The lowest BCUT2D eigenvalue weighted by Crippen LogP contribution is -2.05. The van der Waals surface area contributed by atoms with Crippen LogP contribution in [0.25, 0.3) is 0 Å². The van der Waals surface area contributed by atoms with Crippen LogP contribution >= 0.6 is 0 Å². The van der Waals surface area contributed by atoms with Crippen LogP contribution < -0.4 is 0 Å². The molecular formula is C4H4O2+2. The third-order valence-corrected chi connectivity index (χ3v) is 0.623. The fourth-order valence-electron chi connectivity index (χ4n) is 0.307. The highest BCUT2D eigenvalue weighted by molar-refractivity contribution is 5.14. The van der Waals surface area contributed by atoms with Crippen molar-refractivity contribution in [3.05, 3.63) is 17.9 Å². The summed E-state index contributed by atoms with van der Waals surface area (Å²) in [6.45, 7) is 0. The second kappa shape index (κ2) is 0.869. The summed E-state index contributed by atoms with van der Waals surface area (Å²) in [4.78, 5) is 0. The molecule has 0 heterocycles. The molecule has 0 radical (unpaired) electrons. The molecule has 2 N–H and O–H groups in total. The maximum Gasteiger partial charge on any atom is 0.541 e. The molecule has 0 aliphatic heterocycles. The van der Waals surface area contributed by atoms with Crippen LogP contribution in [-0.2, 0) is 0 Å². The fourth-order valence-corrected chi connectivity index (χ4v) is 0.307. The maximum atomic E-state index is 8.24. The summed E-state index contributed by atoms with van der Waals surface area (Å²) < 4.78 is 0. The summed E-state index contributed by atoms with van der Waals surface area (Å²) in [6, 6.07) is 0. The van der Waals surface area contributed by atoms with Crippen LogP contribution in [0.4, 0.5) is 0 Å². The Balaban J connectivity index is 2.46. The van der Waals surface area contributed by atoms with Gasteiger partial charge in [-0.1, -0.05) is 0 Å². The Labute approximate surface area is 35.7 Å². The normalized spacial score (nSPS) is 18.2.